The second-order valence-corrected chi connectivity index (χ2v) is 1.58. The van der Waals surface area contributed by atoms with Gasteiger partial charge in [-0.05, 0) is 6.72 Å². The van der Waals surface area contributed by atoms with Crippen LogP contribution < -0.4 is 5.32 Å². The summed E-state index contributed by atoms with van der Waals surface area (Å²) in [5.74, 6) is 0. The van der Waals surface area contributed by atoms with Crippen molar-refractivity contribution >= 4 is 6.72 Å². The molecule has 0 aliphatic heterocycles. The molecule has 0 heterocycles. The lowest BCUT2D eigenvalue weighted by molar-refractivity contribution is 0.178. The molecular weight excluding hydrogens is 116 g/mol. The Labute approximate surface area is 55.4 Å². The third-order valence-corrected chi connectivity index (χ3v) is 0.799. The molecular formula is C6H12N2O. The Morgan fingerprint density at radius 3 is 2.89 bits per heavy atom. The largest absolute Gasteiger partial charge is 0.370 e. The smallest absolute Gasteiger partial charge is 0.0964 e. The molecule has 0 radical (unpaired) electrons. The standard InChI is InChI=1S/C6H12N2O/c1-6(7-2)4-8-5-9-3/h8H,1-2,4-5H2,3H3. The van der Waals surface area contributed by atoms with Crippen LogP contribution in [-0.4, -0.2) is 27.1 Å². The van der Waals surface area contributed by atoms with Crippen LogP contribution in [0.3, 0.4) is 0 Å². The fourth-order valence-corrected chi connectivity index (χ4v) is 0.353. The van der Waals surface area contributed by atoms with Crippen molar-refractivity contribution in [2.45, 2.75) is 0 Å². The molecule has 0 aliphatic rings. The first-order chi connectivity index (χ1) is 4.31. The van der Waals surface area contributed by atoms with Crippen LogP contribution in [0, 0.1) is 0 Å². The molecule has 0 aromatic heterocycles. The van der Waals surface area contributed by atoms with E-state index in [-0.39, 0.29) is 0 Å². The quantitative estimate of drug-likeness (QED) is 0.330. The maximum atomic E-state index is 4.72. The molecule has 0 amide bonds. The summed E-state index contributed by atoms with van der Waals surface area (Å²) in [6.45, 7) is 8.07. The van der Waals surface area contributed by atoms with Crippen molar-refractivity contribution < 1.29 is 4.74 Å². The van der Waals surface area contributed by atoms with Crippen LogP contribution in [0.25, 0.3) is 0 Å². The number of nitrogens with one attached hydrogen (secondary N) is 1. The molecule has 0 fully saturated rings. The first kappa shape index (κ1) is 8.33. The fourth-order valence-electron chi connectivity index (χ4n) is 0.353. The van der Waals surface area contributed by atoms with Gasteiger partial charge in [0.05, 0.1) is 6.73 Å². The highest BCUT2D eigenvalue weighted by atomic mass is 16.5. The normalized spacial score (nSPS) is 9.00. The van der Waals surface area contributed by atoms with E-state index in [4.69, 9.17) is 4.74 Å². The van der Waals surface area contributed by atoms with E-state index >= 15 is 0 Å². The Kier molecular flexibility index (Phi) is 5.06. The number of methoxy groups -OCH3 is 1. The summed E-state index contributed by atoms with van der Waals surface area (Å²) in [6, 6.07) is 0. The van der Waals surface area contributed by atoms with Crippen molar-refractivity contribution in [1.82, 2.24) is 5.32 Å². The molecule has 9 heavy (non-hydrogen) atoms. The summed E-state index contributed by atoms with van der Waals surface area (Å²) in [4.78, 5) is 3.60. The van der Waals surface area contributed by atoms with Gasteiger partial charge in [-0.1, -0.05) is 6.58 Å². The predicted octanol–water partition coefficient (Wildman–Crippen LogP) is 0.394. The van der Waals surface area contributed by atoms with Crippen LogP contribution in [-0.2, 0) is 4.74 Å². The van der Waals surface area contributed by atoms with Crippen LogP contribution in [0.5, 0.6) is 0 Å². The highest BCUT2D eigenvalue weighted by Crippen LogP contribution is 1.84. The Morgan fingerprint density at radius 1 is 1.78 bits per heavy atom. The Bertz CT molecular complexity index is 101. The molecule has 0 bridgehead atoms. The molecule has 3 nitrogen and oxygen atoms in total. The lowest BCUT2D eigenvalue weighted by Gasteiger charge is -2.00. The first-order valence-corrected chi connectivity index (χ1v) is 2.65. The van der Waals surface area contributed by atoms with Gasteiger partial charge in [0.2, 0.25) is 0 Å². The summed E-state index contributed by atoms with van der Waals surface area (Å²) in [7, 11) is 1.62. The van der Waals surface area contributed by atoms with Gasteiger partial charge in [-0.25, -0.2) is 0 Å². The molecule has 0 spiro atoms. The molecule has 0 saturated heterocycles. The maximum Gasteiger partial charge on any atom is 0.0964 e. The zero-order valence-corrected chi connectivity index (χ0v) is 5.68. The van der Waals surface area contributed by atoms with E-state index in [0.29, 0.717) is 13.3 Å². The monoisotopic (exact) mass is 128 g/mol. The molecule has 3 heteroatoms. The summed E-state index contributed by atoms with van der Waals surface area (Å²) < 4.78 is 4.72. The first-order valence-electron chi connectivity index (χ1n) is 2.65. The van der Waals surface area contributed by atoms with E-state index in [2.05, 4.69) is 23.6 Å². The Hall–Kier alpha value is -0.670. The number of aliphatic imine (C=N–C) groups is 1. The highest BCUT2D eigenvalue weighted by Gasteiger charge is 1.85. The van der Waals surface area contributed by atoms with Crippen LogP contribution in [0.1, 0.15) is 0 Å². The molecule has 1 N–H and O–H groups in total. The second kappa shape index (κ2) is 5.47. The number of hydrogen-bond acceptors (Lipinski definition) is 3. The van der Waals surface area contributed by atoms with Crippen molar-refractivity contribution in [3.05, 3.63) is 12.3 Å². The predicted molar refractivity (Wildman–Crippen MR) is 38.6 cm³/mol. The van der Waals surface area contributed by atoms with Crippen LogP contribution >= 0.6 is 0 Å². The van der Waals surface area contributed by atoms with Crippen LogP contribution in [0.4, 0.5) is 0 Å². The molecule has 0 atom stereocenters. The topological polar surface area (TPSA) is 33.6 Å². The minimum atomic E-state index is 0.522. The van der Waals surface area contributed by atoms with Crippen molar-refractivity contribution in [3.8, 4) is 0 Å². The maximum absolute atomic E-state index is 4.72. The number of ether oxygens (including phenoxy) is 1. The van der Waals surface area contributed by atoms with Crippen molar-refractivity contribution in [3.63, 3.8) is 0 Å². The van der Waals surface area contributed by atoms with E-state index in [1.807, 2.05) is 0 Å². The molecule has 0 aliphatic carbocycles. The summed E-state index contributed by atoms with van der Waals surface area (Å²) in [5.41, 5.74) is 0.729. The van der Waals surface area contributed by atoms with Gasteiger partial charge in [0.15, 0.2) is 0 Å². The van der Waals surface area contributed by atoms with E-state index < -0.39 is 0 Å². The van der Waals surface area contributed by atoms with Gasteiger partial charge in [-0.2, -0.15) is 0 Å². The lowest BCUT2D eigenvalue weighted by Crippen LogP contribution is -2.18. The molecule has 0 unspecified atom stereocenters. The van der Waals surface area contributed by atoms with E-state index in [0.717, 1.165) is 5.70 Å². The zero-order chi connectivity index (χ0) is 7.11. The summed E-state index contributed by atoms with van der Waals surface area (Å²) in [6.07, 6.45) is 0. The van der Waals surface area contributed by atoms with Crippen LogP contribution in [0.2, 0.25) is 0 Å². The average molecular weight is 128 g/mol. The third kappa shape index (κ3) is 5.20. The fraction of sp³-hybridized carbons (Fsp3) is 0.500. The zero-order valence-electron chi connectivity index (χ0n) is 5.68. The van der Waals surface area contributed by atoms with E-state index in [1.54, 1.807) is 7.11 Å². The van der Waals surface area contributed by atoms with Gasteiger partial charge in [-0.15, -0.1) is 0 Å². The molecule has 0 saturated carbocycles. The minimum absolute atomic E-state index is 0.522. The molecule has 0 rings (SSSR count). The number of nitrogens with zero attached hydrogens (tertiary/aromatic N) is 1. The van der Waals surface area contributed by atoms with Gasteiger partial charge in [0.1, 0.15) is 0 Å². The molecule has 52 valence electrons. The SMILES string of the molecule is C=NC(=C)CNCOC. The third-order valence-electron chi connectivity index (χ3n) is 0.799. The van der Waals surface area contributed by atoms with Crippen molar-refractivity contribution in [1.29, 1.82) is 0 Å². The van der Waals surface area contributed by atoms with Gasteiger partial charge in [-0.3, -0.25) is 10.3 Å². The number of rotatable bonds is 5. The molecule has 0 aromatic carbocycles. The van der Waals surface area contributed by atoms with Crippen LogP contribution in [0.15, 0.2) is 17.3 Å². The van der Waals surface area contributed by atoms with E-state index in [1.165, 1.54) is 0 Å². The highest BCUT2D eigenvalue weighted by molar-refractivity contribution is 5.28. The Balaban J connectivity index is 3.07. The minimum Gasteiger partial charge on any atom is -0.370 e. The second-order valence-electron chi connectivity index (χ2n) is 1.58. The van der Waals surface area contributed by atoms with Gasteiger partial charge >= 0.3 is 0 Å². The average Bonchev–Trinajstić information content (AvgIpc) is 1.89. The summed E-state index contributed by atoms with van der Waals surface area (Å²) >= 11 is 0. The summed E-state index contributed by atoms with van der Waals surface area (Å²) in [5, 5.41) is 2.93. The van der Waals surface area contributed by atoms with Gasteiger partial charge in [0, 0.05) is 19.4 Å². The van der Waals surface area contributed by atoms with Gasteiger partial charge in [0.25, 0.3) is 0 Å². The lowest BCUT2D eigenvalue weighted by atomic mass is 10.5. The van der Waals surface area contributed by atoms with E-state index in [9.17, 15) is 0 Å². The Morgan fingerprint density at radius 2 is 2.44 bits per heavy atom. The van der Waals surface area contributed by atoms with Crippen molar-refractivity contribution in [2.24, 2.45) is 4.99 Å². The van der Waals surface area contributed by atoms with Crippen molar-refractivity contribution in [2.75, 3.05) is 20.4 Å². The van der Waals surface area contributed by atoms with Gasteiger partial charge < -0.3 is 4.74 Å². The number of hydrogen-bond donors (Lipinski definition) is 1. The molecule has 0 aromatic rings.